The van der Waals surface area contributed by atoms with Crippen molar-refractivity contribution in [2.24, 2.45) is 0 Å². The molecule has 0 radical (unpaired) electrons. The number of aryl methyl sites for hydroxylation is 1. The maximum atomic E-state index is 13.1. The van der Waals surface area contributed by atoms with Gasteiger partial charge in [0.05, 0.1) is 17.1 Å². The van der Waals surface area contributed by atoms with Crippen molar-refractivity contribution in [1.29, 1.82) is 0 Å². The van der Waals surface area contributed by atoms with Crippen LogP contribution in [-0.4, -0.2) is 24.5 Å². The van der Waals surface area contributed by atoms with Crippen molar-refractivity contribution in [3.05, 3.63) is 93.9 Å². The molecule has 8 nitrogen and oxygen atoms in total. The van der Waals surface area contributed by atoms with E-state index in [1.54, 1.807) is 47.7 Å². The summed E-state index contributed by atoms with van der Waals surface area (Å²) in [5.41, 5.74) is 3.83. The Hall–Kier alpha value is -3.63. The molecule has 33 heavy (non-hydrogen) atoms. The number of carbonyl (C=O) groups excluding carboxylic acids is 1. The topological polar surface area (TPSA) is 116 Å². The maximum Gasteiger partial charge on any atom is 0.261 e. The minimum absolute atomic E-state index is 0.0116. The first-order valence-electron chi connectivity index (χ1n) is 10.2. The molecule has 10 heteroatoms. The fourth-order valence-electron chi connectivity index (χ4n) is 3.14. The normalized spacial score (nSPS) is 11.2. The monoisotopic (exact) mass is 481 g/mol. The van der Waals surface area contributed by atoms with Crippen molar-refractivity contribution in [2.45, 2.75) is 24.9 Å². The lowest BCUT2D eigenvalue weighted by Gasteiger charge is -2.13. The number of sulfonamides is 1. The minimum atomic E-state index is -3.91. The number of thiophene rings is 1. The lowest BCUT2D eigenvalue weighted by atomic mass is 10.1. The number of nitrogens with zero attached hydrogens (tertiary/aromatic N) is 1. The summed E-state index contributed by atoms with van der Waals surface area (Å²) < 4.78 is 28.7. The van der Waals surface area contributed by atoms with Crippen LogP contribution in [0.15, 0.2) is 76.3 Å². The van der Waals surface area contributed by atoms with Crippen LogP contribution in [0.3, 0.4) is 0 Å². The number of carbonyl (C=O) groups is 1. The number of para-hydroxylation sites is 1. The molecular weight excluding hydrogens is 458 g/mol. The van der Waals surface area contributed by atoms with Gasteiger partial charge in [-0.1, -0.05) is 18.2 Å². The highest BCUT2D eigenvalue weighted by Gasteiger charge is 2.19. The van der Waals surface area contributed by atoms with E-state index < -0.39 is 15.9 Å². The molecule has 0 bridgehead atoms. The van der Waals surface area contributed by atoms with E-state index in [1.807, 2.05) is 29.8 Å². The Morgan fingerprint density at radius 2 is 1.85 bits per heavy atom. The minimum Gasteiger partial charge on any atom is -0.381 e. The van der Waals surface area contributed by atoms with Crippen LogP contribution in [0.25, 0.3) is 0 Å². The van der Waals surface area contributed by atoms with Crippen molar-refractivity contribution in [3.63, 3.8) is 0 Å². The van der Waals surface area contributed by atoms with Crippen LogP contribution < -0.4 is 15.4 Å². The van der Waals surface area contributed by atoms with Crippen molar-refractivity contribution in [3.8, 4) is 0 Å². The highest BCUT2D eigenvalue weighted by Crippen LogP contribution is 2.23. The van der Waals surface area contributed by atoms with E-state index in [1.165, 1.54) is 12.1 Å². The zero-order valence-corrected chi connectivity index (χ0v) is 19.5. The van der Waals surface area contributed by atoms with E-state index in [9.17, 15) is 13.2 Å². The predicted octanol–water partition coefficient (Wildman–Crippen LogP) is 4.12. The van der Waals surface area contributed by atoms with Crippen molar-refractivity contribution < 1.29 is 13.2 Å². The first-order valence-corrected chi connectivity index (χ1v) is 12.6. The van der Waals surface area contributed by atoms with Gasteiger partial charge in [-0.05, 0) is 65.7 Å². The SMILES string of the molecule is Cc1cc(CNC(=O)c2cc(NCc3ccsc3)cc(S(=O)(=O)Nc3ccccc3)c2)n[nH]1. The third-order valence-corrected chi connectivity index (χ3v) is 6.86. The molecule has 0 unspecified atom stereocenters. The number of nitrogens with one attached hydrogen (secondary N) is 4. The number of H-pyrrole nitrogens is 1. The molecule has 2 aromatic carbocycles. The van der Waals surface area contributed by atoms with E-state index in [0.717, 1.165) is 11.3 Å². The van der Waals surface area contributed by atoms with Gasteiger partial charge in [-0.25, -0.2) is 8.42 Å². The van der Waals surface area contributed by atoms with Gasteiger partial charge < -0.3 is 10.6 Å². The fraction of sp³-hybridized carbons (Fsp3) is 0.130. The number of amides is 1. The molecule has 0 atom stereocenters. The molecule has 2 heterocycles. The number of aromatic amines is 1. The quantitative estimate of drug-likeness (QED) is 0.287. The molecule has 170 valence electrons. The standard InChI is InChI=1S/C23H23N5O3S2/c1-16-9-21(27-26-16)14-25-23(29)18-10-20(24-13-17-7-8-32-15-17)12-22(11-18)33(30,31)28-19-5-3-2-4-6-19/h2-12,15,24,28H,13-14H2,1H3,(H,25,29)(H,26,27). The molecule has 2 aromatic heterocycles. The maximum absolute atomic E-state index is 13.1. The molecule has 1 amide bonds. The first kappa shape index (κ1) is 22.6. The number of rotatable bonds is 9. The van der Waals surface area contributed by atoms with E-state index in [0.29, 0.717) is 23.6 Å². The molecule has 4 aromatic rings. The Kier molecular flexibility index (Phi) is 6.76. The van der Waals surface area contributed by atoms with Gasteiger partial charge in [-0.3, -0.25) is 14.6 Å². The molecule has 0 saturated heterocycles. The zero-order chi connectivity index (χ0) is 23.3. The van der Waals surface area contributed by atoms with Crippen molar-refractivity contribution in [1.82, 2.24) is 15.5 Å². The van der Waals surface area contributed by atoms with Gasteiger partial charge in [0.25, 0.3) is 15.9 Å². The van der Waals surface area contributed by atoms with Gasteiger partial charge in [0, 0.05) is 29.2 Å². The Labute approximate surface area is 196 Å². The van der Waals surface area contributed by atoms with Gasteiger partial charge in [0.2, 0.25) is 0 Å². The second kappa shape index (κ2) is 9.88. The first-order chi connectivity index (χ1) is 15.9. The Bertz CT molecular complexity index is 1330. The summed E-state index contributed by atoms with van der Waals surface area (Å²) in [5.74, 6) is -0.397. The van der Waals surface area contributed by atoms with Gasteiger partial charge in [-0.15, -0.1) is 0 Å². The number of aromatic nitrogens is 2. The number of benzene rings is 2. The Morgan fingerprint density at radius 3 is 2.55 bits per heavy atom. The van der Waals surface area contributed by atoms with Crippen LogP contribution in [0.4, 0.5) is 11.4 Å². The van der Waals surface area contributed by atoms with E-state index in [4.69, 9.17) is 0 Å². The van der Waals surface area contributed by atoms with Crippen LogP contribution in [0.5, 0.6) is 0 Å². The number of anilines is 2. The van der Waals surface area contributed by atoms with Crippen LogP contribution in [0, 0.1) is 6.92 Å². The molecule has 0 saturated carbocycles. The summed E-state index contributed by atoms with van der Waals surface area (Å²) in [6, 6.07) is 16.9. The van der Waals surface area contributed by atoms with Crippen LogP contribution in [-0.2, 0) is 23.1 Å². The molecule has 0 aliphatic rings. The summed E-state index contributed by atoms with van der Waals surface area (Å²) in [5, 5.41) is 16.9. The second-order valence-electron chi connectivity index (χ2n) is 7.43. The molecular formula is C23H23N5O3S2. The average molecular weight is 482 g/mol. The second-order valence-corrected chi connectivity index (χ2v) is 9.89. The zero-order valence-electron chi connectivity index (χ0n) is 17.8. The average Bonchev–Trinajstić information content (AvgIpc) is 3.48. The van der Waals surface area contributed by atoms with Gasteiger partial charge in [0.1, 0.15) is 0 Å². The summed E-state index contributed by atoms with van der Waals surface area (Å²) in [7, 11) is -3.91. The summed E-state index contributed by atoms with van der Waals surface area (Å²) in [4.78, 5) is 12.8. The lowest BCUT2D eigenvalue weighted by molar-refractivity contribution is 0.0950. The molecule has 0 aliphatic carbocycles. The largest absolute Gasteiger partial charge is 0.381 e. The van der Waals surface area contributed by atoms with Gasteiger partial charge in [0.15, 0.2) is 0 Å². The van der Waals surface area contributed by atoms with E-state index in [2.05, 4.69) is 25.6 Å². The molecule has 4 rings (SSSR count). The number of hydrogen-bond acceptors (Lipinski definition) is 6. The fourth-order valence-corrected chi connectivity index (χ4v) is 4.94. The van der Waals surface area contributed by atoms with E-state index >= 15 is 0 Å². The van der Waals surface area contributed by atoms with Crippen LogP contribution in [0.1, 0.15) is 27.3 Å². The third-order valence-electron chi connectivity index (χ3n) is 4.77. The summed E-state index contributed by atoms with van der Waals surface area (Å²) in [6.07, 6.45) is 0. The van der Waals surface area contributed by atoms with Crippen LogP contribution >= 0.6 is 11.3 Å². The van der Waals surface area contributed by atoms with Gasteiger partial charge in [-0.2, -0.15) is 16.4 Å². The molecule has 0 aliphatic heterocycles. The highest BCUT2D eigenvalue weighted by molar-refractivity contribution is 7.92. The van der Waals surface area contributed by atoms with Crippen molar-refractivity contribution >= 4 is 38.6 Å². The predicted molar refractivity (Wildman–Crippen MR) is 130 cm³/mol. The molecule has 0 fully saturated rings. The van der Waals surface area contributed by atoms with Crippen LogP contribution in [0.2, 0.25) is 0 Å². The Morgan fingerprint density at radius 1 is 1.03 bits per heavy atom. The van der Waals surface area contributed by atoms with Crippen molar-refractivity contribution in [2.75, 3.05) is 10.0 Å². The number of hydrogen-bond donors (Lipinski definition) is 4. The smallest absolute Gasteiger partial charge is 0.261 e. The van der Waals surface area contributed by atoms with E-state index in [-0.39, 0.29) is 17.0 Å². The molecule has 4 N–H and O–H groups in total. The molecule has 0 spiro atoms. The Balaban J connectivity index is 1.60. The lowest BCUT2D eigenvalue weighted by Crippen LogP contribution is -2.24. The highest BCUT2D eigenvalue weighted by atomic mass is 32.2. The summed E-state index contributed by atoms with van der Waals surface area (Å²) in [6.45, 7) is 2.60. The van der Waals surface area contributed by atoms with Gasteiger partial charge >= 0.3 is 0 Å². The summed E-state index contributed by atoms with van der Waals surface area (Å²) >= 11 is 1.58. The third kappa shape index (κ3) is 5.99.